The summed E-state index contributed by atoms with van der Waals surface area (Å²) in [6.07, 6.45) is 4.76. The van der Waals surface area contributed by atoms with Crippen molar-refractivity contribution >= 4 is 11.6 Å². The van der Waals surface area contributed by atoms with Gasteiger partial charge in [0, 0.05) is 37.9 Å². The molecule has 3 rings (SSSR count). The van der Waals surface area contributed by atoms with Crippen LogP contribution < -0.4 is 15.0 Å². The lowest BCUT2D eigenvalue weighted by Crippen LogP contribution is -2.50. The summed E-state index contributed by atoms with van der Waals surface area (Å²) in [4.78, 5) is 16.9. The highest BCUT2D eigenvalue weighted by molar-refractivity contribution is 5.78. The Hall–Kier alpha value is -1.75. The molecule has 1 aliphatic carbocycles. The summed E-state index contributed by atoms with van der Waals surface area (Å²) in [6.45, 7) is 6.62. The van der Waals surface area contributed by atoms with Crippen LogP contribution in [0.4, 0.5) is 5.69 Å². The van der Waals surface area contributed by atoms with Crippen molar-refractivity contribution in [3.63, 3.8) is 0 Å². The minimum Gasteiger partial charge on any atom is -0.497 e. The van der Waals surface area contributed by atoms with Gasteiger partial charge in [-0.2, -0.15) is 0 Å². The molecule has 1 saturated heterocycles. The van der Waals surface area contributed by atoms with E-state index in [-0.39, 0.29) is 5.91 Å². The summed E-state index contributed by atoms with van der Waals surface area (Å²) in [5.74, 6) is 1.90. The smallest absolute Gasteiger partial charge is 0.234 e. The molecule has 0 radical (unpaired) electrons. The molecule has 1 aromatic rings. The van der Waals surface area contributed by atoms with Gasteiger partial charge < -0.3 is 15.0 Å². The molecule has 5 heteroatoms. The molecule has 2 fully saturated rings. The second-order valence-electron chi connectivity index (χ2n) is 7.49. The van der Waals surface area contributed by atoms with Crippen molar-refractivity contribution in [1.82, 2.24) is 10.2 Å². The first-order valence-corrected chi connectivity index (χ1v) is 9.55. The maximum atomic E-state index is 12.3. The van der Waals surface area contributed by atoms with E-state index in [1.807, 2.05) is 12.1 Å². The number of carbonyl (C=O) groups excluding carboxylic acids is 1. The zero-order valence-corrected chi connectivity index (χ0v) is 15.5. The van der Waals surface area contributed by atoms with E-state index in [0.717, 1.165) is 50.7 Å². The average molecular weight is 345 g/mol. The van der Waals surface area contributed by atoms with Gasteiger partial charge >= 0.3 is 0 Å². The van der Waals surface area contributed by atoms with Crippen molar-refractivity contribution < 1.29 is 9.53 Å². The molecule has 2 aliphatic rings. The van der Waals surface area contributed by atoms with Gasteiger partial charge in [-0.3, -0.25) is 9.69 Å². The number of piperazine rings is 1. The fraction of sp³-hybridized carbons (Fsp3) is 0.650. The molecule has 1 amide bonds. The summed E-state index contributed by atoms with van der Waals surface area (Å²) < 4.78 is 5.21. The van der Waals surface area contributed by atoms with E-state index >= 15 is 0 Å². The Morgan fingerprint density at radius 1 is 1.08 bits per heavy atom. The molecule has 1 saturated carbocycles. The van der Waals surface area contributed by atoms with Crippen LogP contribution in [-0.2, 0) is 4.79 Å². The number of nitrogens with zero attached hydrogens (tertiary/aromatic N) is 2. The van der Waals surface area contributed by atoms with Crippen molar-refractivity contribution in [3.05, 3.63) is 24.3 Å². The van der Waals surface area contributed by atoms with Crippen LogP contribution in [0.5, 0.6) is 5.75 Å². The quantitative estimate of drug-likeness (QED) is 0.891. The Kier molecular flexibility index (Phi) is 6.19. The molecule has 0 spiro atoms. The number of rotatable bonds is 5. The fourth-order valence-electron chi connectivity index (χ4n) is 3.84. The maximum absolute atomic E-state index is 12.3. The predicted octanol–water partition coefficient (Wildman–Crippen LogP) is 2.51. The highest BCUT2D eigenvalue weighted by atomic mass is 16.5. The number of ether oxygens (including phenoxy) is 1. The zero-order chi connectivity index (χ0) is 17.6. The monoisotopic (exact) mass is 345 g/mol. The molecule has 1 aliphatic heterocycles. The largest absolute Gasteiger partial charge is 0.497 e. The first-order chi connectivity index (χ1) is 12.1. The highest BCUT2D eigenvalue weighted by Gasteiger charge is 2.22. The van der Waals surface area contributed by atoms with E-state index in [4.69, 9.17) is 4.74 Å². The van der Waals surface area contributed by atoms with Crippen LogP contribution in [0.1, 0.15) is 32.6 Å². The lowest BCUT2D eigenvalue weighted by atomic mass is 9.87. The fourth-order valence-corrected chi connectivity index (χ4v) is 3.84. The number of anilines is 1. The topological polar surface area (TPSA) is 44.8 Å². The van der Waals surface area contributed by atoms with Gasteiger partial charge in [-0.1, -0.05) is 6.92 Å². The molecule has 5 nitrogen and oxygen atoms in total. The van der Waals surface area contributed by atoms with E-state index in [1.165, 1.54) is 18.5 Å². The molecule has 1 heterocycles. The van der Waals surface area contributed by atoms with Crippen molar-refractivity contribution in [2.24, 2.45) is 5.92 Å². The van der Waals surface area contributed by atoms with E-state index in [9.17, 15) is 4.79 Å². The van der Waals surface area contributed by atoms with Gasteiger partial charge in [0.1, 0.15) is 5.75 Å². The molecule has 0 atom stereocenters. The molecule has 25 heavy (non-hydrogen) atoms. The van der Waals surface area contributed by atoms with Crippen LogP contribution >= 0.6 is 0 Å². The Balaban J connectivity index is 1.40. The number of hydrogen-bond donors (Lipinski definition) is 1. The van der Waals surface area contributed by atoms with Gasteiger partial charge in [-0.05, 0) is 55.9 Å². The highest BCUT2D eigenvalue weighted by Crippen LogP contribution is 2.23. The Labute approximate surface area is 151 Å². The predicted molar refractivity (Wildman–Crippen MR) is 101 cm³/mol. The molecule has 0 unspecified atom stereocenters. The zero-order valence-electron chi connectivity index (χ0n) is 15.5. The maximum Gasteiger partial charge on any atom is 0.234 e. The van der Waals surface area contributed by atoms with Gasteiger partial charge in [-0.15, -0.1) is 0 Å². The standard InChI is InChI=1S/C20H31N3O2/c1-16-3-5-17(6-4-16)21-20(24)15-22-11-13-23(14-12-22)18-7-9-19(25-2)10-8-18/h7-10,16-17H,3-6,11-15H2,1-2H3,(H,21,24). The van der Waals surface area contributed by atoms with Gasteiger partial charge in [-0.25, -0.2) is 0 Å². The molecule has 0 aromatic heterocycles. The third-order valence-corrected chi connectivity index (χ3v) is 5.56. The lowest BCUT2D eigenvalue weighted by Gasteiger charge is -2.36. The second kappa shape index (κ2) is 8.56. The molecule has 1 N–H and O–H groups in total. The number of hydrogen-bond acceptors (Lipinski definition) is 4. The van der Waals surface area contributed by atoms with Gasteiger partial charge in [0.05, 0.1) is 13.7 Å². The minimum absolute atomic E-state index is 0.192. The number of amides is 1. The van der Waals surface area contributed by atoms with Crippen molar-refractivity contribution in [3.8, 4) is 5.75 Å². The van der Waals surface area contributed by atoms with Crippen LogP contribution in [-0.4, -0.2) is 56.7 Å². The first kappa shape index (κ1) is 18.1. The third-order valence-electron chi connectivity index (χ3n) is 5.56. The molecule has 0 bridgehead atoms. The normalized spacial score (nSPS) is 24.8. The van der Waals surface area contributed by atoms with E-state index < -0.39 is 0 Å². The number of methoxy groups -OCH3 is 1. The molecule has 138 valence electrons. The molecular weight excluding hydrogens is 314 g/mol. The van der Waals surface area contributed by atoms with E-state index in [0.29, 0.717) is 12.6 Å². The number of nitrogens with one attached hydrogen (secondary N) is 1. The van der Waals surface area contributed by atoms with Crippen LogP contribution in [0, 0.1) is 5.92 Å². The van der Waals surface area contributed by atoms with Gasteiger partial charge in [0.25, 0.3) is 0 Å². The summed E-state index contributed by atoms with van der Waals surface area (Å²) >= 11 is 0. The average Bonchev–Trinajstić information content (AvgIpc) is 2.64. The summed E-state index contributed by atoms with van der Waals surface area (Å²) in [6, 6.07) is 8.60. The Morgan fingerprint density at radius 3 is 2.32 bits per heavy atom. The van der Waals surface area contributed by atoms with Crippen molar-refractivity contribution in [2.75, 3.05) is 44.7 Å². The Bertz CT molecular complexity index is 545. The van der Waals surface area contributed by atoms with Crippen molar-refractivity contribution in [1.29, 1.82) is 0 Å². The van der Waals surface area contributed by atoms with Crippen LogP contribution in [0.15, 0.2) is 24.3 Å². The first-order valence-electron chi connectivity index (χ1n) is 9.55. The molecule has 1 aromatic carbocycles. The van der Waals surface area contributed by atoms with Crippen molar-refractivity contribution in [2.45, 2.75) is 38.6 Å². The minimum atomic E-state index is 0.192. The SMILES string of the molecule is COc1ccc(N2CCN(CC(=O)NC3CCC(C)CC3)CC2)cc1. The number of carbonyl (C=O) groups is 1. The van der Waals surface area contributed by atoms with Gasteiger partial charge in [0.15, 0.2) is 0 Å². The summed E-state index contributed by atoms with van der Waals surface area (Å²) in [7, 11) is 1.69. The Morgan fingerprint density at radius 2 is 1.72 bits per heavy atom. The lowest BCUT2D eigenvalue weighted by molar-refractivity contribution is -0.123. The summed E-state index contributed by atoms with van der Waals surface area (Å²) in [5.41, 5.74) is 1.22. The van der Waals surface area contributed by atoms with Crippen LogP contribution in [0.25, 0.3) is 0 Å². The van der Waals surface area contributed by atoms with E-state index in [2.05, 4.69) is 34.2 Å². The van der Waals surface area contributed by atoms with Crippen LogP contribution in [0.3, 0.4) is 0 Å². The number of benzene rings is 1. The summed E-state index contributed by atoms with van der Waals surface area (Å²) in [5, 5.41) is 3.23. The van der Waals surface area contributed by atoms with Gasteiger partial charge in [0.2, 0.25) is 5.91 Å². The van der Waals surface area contributed by atoms with E-state index in [1.54, 1.807) is 7.11 Å². The van der Waals surface area contributed by atoms with Crippen LogP contribution in [0.2, 0.25) is 0 Å². The third kappa shape index (κ3) is 5.11. The second-order valence-corrected chi connectivity index (χ2v) is 7.49. The molecular formula is C20H31N3O2.